The van der Waals surface area contributed by atoms with Crippen molar-refractivity contribution in [1.29, 1.82) is 0 Å². The summed E-state index contributed by atoms with van der Waals surface area (Å²) in [6, 6.07) is 11.6. The summed E-state index contributed by atoms with van der Waals surface area (Å²) in [5, 5.41) is 16.9. The average molecular weight is 757 g/mol. The number of nitrogens with zero attached hydrogens (tertiary/aromatic N) is 6. The zero-order valence-electron chi connectivity index (χ0n) is 28.6. The Morgan fingerprint density at radius 3 is 2.08 bits per heavy atom. The summed E-state index contributed by atoms with van der Waals surface area (Å²) in [5.41, 5.74) is 2.18. The molecule has 2 aliphatic heterocycles. The van der Waals surface area contributed by atoms with Crippen LogP contribution in [0, 0.1) is 0 Å². The van der Waals surface area contributed by atoms with Crippen LogP contribution in [0.1, 0.15) is 65.6 Å². The third-order valence-corrected chi connectivity index (χ3v) is 9.63. The van der Waals surface area contributed by atoms with Crippen molar-refractivity contribution in [2.24, 2.45) is 5.10 Å². The minimum absolute atomic E-state index is 0.0164. The molecule has 3 aromatic carbocycles. The van der Waals surface area contributed by atoms with Crippen molar-refractivity contribution in [3.05, 3.63) is 100 Å². The summed E-state index contributed by atoms with van der Waals surface area (Å²) >= 11 is 0. The van der Waals surface area contributed by atoms with E-state index in [-0.39, 0.29) is 29.7 Å². The van der Waals surface area contributed by atoms with Gasteiger partial charge in [0.1, 0.15) is 0 Å². The van der Waals surface area contributed by atoms with Crippen LogP contribution in [0.2, 0.25) is 0 Å². The SMILES string of the molecule is CCC(c1ccc(C(F)(F)F)cc1CN(Cc1cc(C(F)(F)F)cc(C(F)(F)F)c1)C1=NNN(C)N1)N1CCC(O)(Cn2cnc3ccccc32)CC1. The Morgan fingerprint density at radius 1 is 0.849 bits per heavy atom. The number of rotatable bonds is 9. The van der Waals surface area contributed by atoms with Gasteiger partial charge in [-0.05, 0) is 78.4 Å². The lowest BCUT2D eigenvalue weighted by Gasteiger charge is -2.42. The Morgan fingerprint density at radius 2 is 1.49 bits per heavy atom. The van der Waals surface area contributed by atoms with E-state index in [4.69, 9.17) is 0 Å². The highest BCUT2D eigenvalue weighted by Crippen LogP contribution is 2.39. The van der Waals surface area contributed by atoms with Gasteiger partial charge in [-0.15, -0.1) is 10.2 Å². The average Bonchev–Trinajstić information content (AvgIpc) is 3.70. The molecule has 0 saturated carbocycles. The predicted octanol–water partition coefficient (Wildman–Crippen LogP) is 7.30. The van der Waals surface area contributed by atoms with Crippen molar-refractivity contribution < 1.29 is 44.6 Å². The van der Waals surface area contributed by atoms with Gasteiger partial charge in [-0.3, -0.25) is 10.3 Å². The molecule has 18 heteroatoms. The number of guanidine groups is 1. The van der Waals surface area contributed by atoms with Crippen molar-refractivity contribution in [2.45, 2.75) is 76.0 Å². The molecule has 0 bridgehead atoms. The Balaban J connectivity index is 1.31. The summed E-state index contributed by atoms with van der Waals surface area (Å²) in [4.78, 5) is 7.75. The fourth-order valence-electron chi connectivity index (χ4n) is 6.99. The molecule has 1 unspecified atom stereocenters. The van der Waals surface area contributed by atoms with E-state index >= 15 is 0 Å². The summed E-state index contributed by atoms with van der Waals surface area (Å²) in [6.07, 6.45) is -12.1. The normalized spacial score (nSPS) is 17.8. The highest BCUT2D eigenvalue weighted by molar-refractivity contribution is 5.80. The van der Waals surface area contributed by atoms with Crippen LogP contribution in [0.25, 0.3) is 11.0 Å². The molecule has 0 amide bonds. The third-order valence-electron chi connectivity index (χ3n) is 9.63. The number of benzene rings is 3. The molecule has 3 N–H and O–H groups in total. The smallest absolute Gasteiger partial charge is 0.388 e. The zero-order chi connectivity index (χ0) is 38.3. The number of fused-ring (bicyclic) bond motifs is 1. The fraction of sp³-hybridized carbons (Fsp3) is 0.429. The van der Waals surface area contributed by atoms with Crippen LogP contribution in [-0.2, 0) is 38.2 Å². The van der Waals surface area contributed by atoms with Gasteiger partial charge in [0.2, 0.25) is 5.96 Å². The van der Waals surface area contributed by atoms with Crippen LogP contribution in [0.5, 0.6) is 0 Å². The number of alkyl halides is 9. The Bertz CT molecular complexity index is 1920. The molecule has 0 spiro atoms. The van der Waals surface area contributed by atoms with Gasteiger partial charge in [0.25, 0.3) is 0 Å². The van der Waals surface area contributed by atoms with Crippen molar-refractivity contribution in [3.63, 3.8) is 0 Å². The van der Waals surface area contributed by atoms with Crippen LogP contribution in [0.4, 0.5) is 39.5 Å². The van der Waals surface area contributed by atoms with Gasteiger partial charge in [-0.25, -0.2) is 10.5 Å². The van der Waals surface area contributed by atoms with Crippen LogP contribution < -0.4 is 11.0 Å². The number of likely N-dealkylation sites (tertiary alicyclic amines) is 1. The quantitative estimate of drug-likeness (QED) is 0.155. The molecule has 0 aliphatic carbocycles. The van der Waals surface area contributed by atoms with Gasteiger partial charge >= 0.3 is 18.5 Å². The molecule has 9 nitrogen and oxygen atoms in total. The van der Waals surface area contributed by atoms with Crippen LogP contribution in [0.3, 0.4) is 0 Å². The summed E-state index contributed by atoms with van der Waals surface area (Å²) in [7, 11) is 1.50. The molecule has 2 aliphatic rings. The second-order valence-electron chi connectivity index (χ2n) is 13.4. The highest BCUT2D eigenvalue weighted by Gasteiger charge is 2.39. The highest BCUT2D eigenvalue weighted by atomic mass is 19.4. The Labute approximate surface area is 298 Å². The maximum Gasteiger partial charge on any atom is 0.416 e. The van der Waals surface area contributed by atoms with Gasteiger partial charge in [0.05, 0.1) is 46.2 Å². The van der Waals surface area contributed by atoms with Crippen molar-refractivity contribution in [1.82, 2.24) is 35.4 Å². The number of imidazole rings is 1. The third kappa shape index (κ3) is 8.65. The second kappa shape index (κ2) is 14.4. The molecular formula is C35H37F9N8O. The van der Waals surface area contributed by atoms with Gasteiger partial charge in [0, 0.05) is 39.3 Å². The maximum absolute atomic E-state index is 14.1. The number of hydrazone groups is 1. The first-order valence-electron chi connectivity index (χ1n) is 16.8. The van der Waals surface area contributed by atoms with Crippen LogP contribution in [-0.4, -0.2) is 61.3 Å². The number of aliphatic hydroxyl groups is 1. The molecule has 1 saturated heterocycles. The lowest BCUT2D eigenvalue weighted by molar-refractivity contribution is -0.143. The molecule has 0 radical (unpaired) electrons. The number of hydrogen-bond acceptors (Lipinski definition) is 8. The molecule has 4 aromatic rings. The van der Waals surface area contributed by atoms with E-state index in [9.17, 15) is 44.6 Å². The lowest BCUT2D eigenvalue weighted by Crippen LogP contribution is -2.48. The van der Waals surface area contributed by atoms with Crippen molar-refractivity contribution >= 4 is 17.0 Å². The number of hydrogen-bond donors (Lipinski definition) is 3. The number of halogens is 9. The van der Waals surface area contributed by atoms with E-state index in [1.165, 1.54) is 23.1 Å². The van der Waals surface area contributed by atoms with E-state index in [0.717, 1.165) is 23.2 Å². The topological polar surface area (TPSA) is 84.2 Å². The minimum Gasteiger partial charge on any atom is -0.388 e. The van der Waals surface area contributed by atoms with E-state index in [1.54, 1.807) is 6.33 Å². The van der Waals surface area contributed by atoms with Crippen LogP contribution >= 0.6 is 0 Å². The van der Waals surface area contributed by atoms with Gasteiger partial charge in [0.15, 0.2) is 0 Å². The molecule has 286 valence electrons. The first-order chi connectivity index (χ1) is 24.8. The predicted molar refractivity (Wildman–Crippen MR) is 177 cm³/mol. The standard InChI is InChI=1S/C35H37F9N8O/c1-3-29(50-12-10-32(53,11-13-50)20-52-21-45-28-6-4-5-7-30(28)52)27-9-8-24(33(36,37)38)16-23(27)19-51(31-46-48-49(2)47-31)18-22-14-25(34(39,40)41)17-26(15-22)35(42,43)44/h4-9,14-17,21,29,48,53H,3,10-13,18-20H2,1-2H3,(H,46,47). The summed E-state index contributed by atoms with van der Waals surface area (Å²) in [6.45, 7) is 2.03. The number of para-hydroxylation sites is 2. The van der Waals surface area contributed by atoms with Crippen LogP contribution in [0.15, 0.2) is 72.1 Å². The maximum atomic E-state index is 14.1. The van der Waals surface area contributed by atoms with Gasteiger partial charge in [-0.1, -0.05) is 25.1 Å². The first kappa shape index (κ1) is 38.2. The molecule has 1 atom stereocenters. The Kier molecular flexibility index (Phi) is 10.3. The molecule has 53 heavy (non-hydrogen) atoms. The molecule has 3 heterocycles. The summed E-state index contributed by atoms with van der Waals surface area (Å²) in [5.74, 6) is -0.0371. The molecule has 6 rings (SSSR count). The van der Waals surface area contributed by atoms with E-state index < -0.39 is 53.4 Å². The molecule has 1 aromatic heterocycles. The van der Waals surface area contributed by atoms with E-state index in [1.807, 2.05) is 35.8 Å². The largest absolute Gasteiger partial charge is 0.416 e. The van der Waals surface area contributed by atoms with Gasteiger partial charge in [-0.2, -0.15) is 39.5 Å². The lowest BCUT2D eigenvalue weighted by atomic mass is 9.87. The zero-order valence-corrected chi connectivity index (χ0v) is 28.6. The monoisotopic (exact) mass is 756 g/mol. The fourth-order valence-corrected chi connectivity index (χ4v) is 6.99. The molecular weight excluding hydrogens is 719 g/mol. The summed E-state index contributed by atoms with van der Waals surface area (Å²) < 4.78 is 127. The minimum atomic E-state index is -5.10. The van der Waals surface area contributed by atoms with E-state index in [2.05, 4.69) is 25.9 Å². The van der Waals surface area contributed by atoms with Crippen molar-refractivity contribution in [2.75, 3.05) is 20.1 Å². The molecule has 1 fully saturated rings. The number of nitrogens with one attached hydrogen (secondary N) is 2. The van der Waals surface area contributed by atoms with Crippen molar-refractivity contribution in [3.8, 4) is 0 Å². The number of aromatic nitrogens is 2. The van der Waals surface area contributed by atoms with Gasteiger partial charge < -0.3 is 14.6 Å². The first-order valence-corrected chi connectivity index (χ1v) is 16.8. The number of piperidine rings is 1. The number of hydrazine groups is 2. The van der Waals surface area contributed by atoms with E-state index in [0.29, 0.717) is 56.6 Å². The Hall–Kier alpha value is -4.55. The second-order valence-corrected chi connectivity index (χ2v) is 13.4.